The van der Waals surface area contributed by atoms with Crippen molar-refractivity contribution in [2.75, 3.05) is 0 Å². The highest BCUT2D eigenvalue weighted by molar-refractivity contribution is 6.32. The first kappa shape index (κ1) is 21.6. The summed E-state index contributed by atoms with van der Waals surface area (Å²) in [5.74, 6) is -0.113. The number of aromatic hydroxyl groups is 1. The molecule has 5 rings (SSSR count). The fourth-order valence-electron chi connectivity index (χ4n) is 4.33. The van der Waals surface area contributed by atoms with Gasteiger partial charge in [0.1, 0.15) is 17.1 Å². The Morgan fingerprint density at radius 3 is 2.48 bits per heavy atom. The number of aromatic amines is 1. The zero-order valence-electron chi connectivity index (χ0n) is 18.1. The number of phenolic OH excluding ortho intramolecular Hbond substituents is 1. The minimum Gasteiger partial charge on any atom is -0.507 e. The van der Waals surface area contributed by atoms with E-state index in [1.165, 1.54) is 0 Å². The van der Waals surface area contributed by atoms with Gasteiger partial charge in [-0.3, -0.25) is 9.89 Å². The SMILES string of the molecule is Cc1ccc(C2c3c(-c4cc(Cl)c(C)cc4O)n[nH]c3C(=O)N2Cc2ccccc2Cl)cc1. The molecule has 0 bridgehead atoms. The molecule has 7 heteroatoms. The first-order chi connectivity index (χ1) is 15.8. The van der Waals surface area contributed by atoms with Crippen LogP contribution in [0.25, 0.3) is 11.3 Å². The third kappa shape index (κ3) is 3.67. The summed E-state index contributed by atoms with van der Waals surface area (Å²) < 4.78 is 0. The first-order valence-corrected chi connectivity index (χ1v) is 11.3. The summed E-state index contributed by atoms with van der Waals surface area (Å²) in [6.45, 7) is 4.18. The third-order valence-corrected chi connectivity index (χ3v) is 6.86. The van der Waals surface area contributed by atoms with Crippen LogP contribution in [0.2, 0.25) is 10.0 Å². The molecule has 33 heavy (non-hydrogen) atoms. The molecule has 5 nitrogen and oxygen atoms in total. The maximum Gasteiger partial charge on any atom is 0.273 e. The summed E-state index contributed by atoms with van der Waals surface area (Å²) in [6, 6.07) is 18.5. The molecule has 0 saturated carbocycles. The second-order valence-electron chi connectivity index (χ2n) is 8.32. The number of hydrogen-bond donors (Lipinski definition) is 2. The van der Waals surface area contributed by atoms with Crippen molar-refractivity contribution in [1.82, 2.24) is 15.1 Å². The number of aryl methyl sites for hydroxylation is 2. The van der Waals surface area contributed by atoms with E-state index in [4.69, 9.17) is 23.2 Å². The molecule has 166 valence electrons. The maximum absolute atomic E-state index is 13.5. The summed E-state index contributed by atoms with van der Waals surface area (Å²) in [6.07, 6.45) is 0. The van der Waals surface area contributed by atoms with Crippen molar-refractivity contribution in [2.45, 2.75) is 26.4 Å². The topological polar surface area (TPSA) is 69.2 Å². The van der Waals surface area contributed by atoms with E-state index in [1.54, 1.807) is 17.0 Å². The summed E-state index contributed by atoms with van der Waals surface area (Å²) in [5, 5.41) is 19.1. The maximum atomic E-state index is 13.5. The van der Waals surface area contributed by atoms with E-state index in [1.807, 2.05) is 62.4 Å². The normalized spacial score (nSPS) is 15.2. The monoisotopic (exact) mass is 477 g/mol. The van der Waals surface area contributed by atoms with E-state index < -0.39 is 6.04 Å². The van der Waals surface area contributed by atoms with Crippen molar-refractivity contribution < 1.29 is 9.90 Å². The number of benzene rings is 3. The van der Waals surface area contributed by atoms with Gasteiger partial charge in [0.2, 0.25) is 0 Å². The number of carbonyl (C=O) groups excluding carboxylic acids is 1. The Kier molecular flexibility index (Phi) is 5.39. The number of H-pyrrole nitrogens is 1. The van der Waals surface area contributed by atoms with Gasteiger partial charge < -0.3 is 10.0 Å². The van der Waals surface area contributed by atoms with Gasteiger partial charge in [0.25, 0.3) is 5.91 Å². The smallest absolute Gasteiger partial charge is 0.273 e. The number of nitrogens with one attached hydrogen (secondary N) is 1. The first-order valence-electron chi connectivity index (χ1n) is 10.5. The van der Waals surface area contributed by atoms with E-state index in [2.05, 4.69) is 10.2 Å². The summed E-state index contributed by atoms with van der Waals surface area (Å²) in [4.78, 5) is 15.3. The molecule has 1 aliphatic rings. The van der Waals surface area contributed by atoms with E-state index in [9.17, 15) is 9.90 Å². The van der Waals surface area contributed by atoms with Crippen LogP contribution < -0.4 is 0 Å². The number of aromatic nitrogens is 2. The number of hydrogen-bond acceptors (Lipinski definition) is 3. The zero-order valence-corrected chi connectivity index (χ0v) is 19.6. The predicted octanol–water partition coefficient (Wildman–Crippen LogP) is 6.45. The predicted molar refractivity (Wildman–Crippen MR) is 130 cm³/mol. The molecule has 2 N–H and O–H groups in total. The number of rotatable bonds is 4. The lowest BCUT2D eigenvalue weighted by molar-refractivity contribution is 0.0730. The second-order valence-corrected chi connectivity index (χ2v) is 9.13. The number of fused-ring (bicyclic) bond motifs is 1. The molecule has 4 aromatic rings. The van der Waals surface area contributed by atoms with Gasteiger partial charge in [0, 0.05) is 27.7 Å². The standard InChI is InChI=1S/C26H21Cl2N3O2/c1-14-7-9-16(10-8-14)25-22-23(18-12-20(28)15(2)11-21(18)32)29-30-24(22)26(33)31(25)13-17-5-3-4-6-19(17)27/h3-12,25,32H,13H2,1-2H3,(H,29,30). The van der Waals surface area contributed by atoms with Crippen molar-refractivity contribution in [1.29, 1.82) is 0 Å². The van der Waals surface area contributed by atoms with Gasteiger partial charge in [-0.2, -0.15) is 5.10 Å². The largest absolute Gasteiger partial charge is 0.507 e. The van der Waals surface area contributed by atoms with Crippen LogP contribution in [0, 0.1) is 13.8 Å². The number of phenols is 1. The Hall–Kier alpha value is -3.28. The van der Waals surface area contributed by atoms with Gasteiger partial charge in [-0.15, -0.1) is 0 Å². The Morgan fingerprint density at radius 2 is 1.76 bits per heavy atom. The lowest BCUT2D eigenvalue weighted by Crippen LogP contribution is -2.29. The van der Waals surface area contributed by atoms with Crippen molar-refractivity contribution in [2.24, 2.45) is 0 Å². The quantitative estimate of drug-likeness (QED) is 0.354. The second kappa shape index (κ2) is 8.25. The minimum absolute atomic E-state index is 0.0610. The molecule has 0 saturated heterocycles. The number of amides is 1. The fraction of sp³-hybridized carbons (Fsp3) is 0.154. The van der Waals surface area contributed by atoms with Gasteiger partial charge >= 0.3 is 0 Å². The molecule has 1 atom stereocenters. The molecule has 1 aromatic heterocycles. The van der Waals surface area contributed by atoms with Crippen molar-refractivity contribution >= 4 is 29.1 Å². The summed E-state index contributed by atoms with van der Waals surface area (Å²) in [7, 11) is 0. The number of halogens is 2. The molecule has 0 fully saturated rings. The molecular formula is C26H21Cl2N3O2. The van der Waals surface area contributed by atoms with Crippen LogP contribution in [0.4, 0.5) is 0 Å². The fourth-order valence-corrected chi connectivity index (χ4v) is 4.69. The Bertz CT molecular complexity index is 1380. The van der Waals surface area contributed by atoms with E-state index in [0.717, 1.165) is 22.3 Å². The molecule has 1 amide bonds. The Morgan fingerprint density at radius 1 is 1.03 bits per heavy atom. The average Bonchev–Trinajstić information content (AvgIpc) is 3.32. The average molecular weight is 478 g/mol. The molecule has 3 aromatic carbocycles. The van der Waals surface area contributed by atoms with Crippen LogP contribution in [0.5, 0.6) is 5.75 Å². The van der Waals surface area contributed by atoms with Crippen LogP contribution in [0.1, 0.15) is 44.3 Å². The van der Waals surface area contributed by atoms with Crippen molar-refractivity contribution in [3.05, 3.63) is 104 Å². The van der Waals surface area contributed by atoms with Crippen molar-refractivity contribution in [3.63, 3.8) is 0 Å². The van der Waals surface area contributed by atoms with Gasteiger partial charge in [-0.25, -0.2) is 0 Å². The number of nitrogens with zero attached hydrogens (tertiary/aromatic N) is 2. The van der Waals surface area contributed by atoms with Crippen LogP contribution >= 0.6 is 23.2 Å². The van der Waals surface area contributed by atoms with Gasteiger partial charge in [0.05, 0.1) is 6.04 Å². The Balaban J connectivity index is 1.69. The summed E-state index contributed by atoms with van der Waals surface area (Å²) in [5.41, 5.74) is 5.78. The lowest BCUT2D eigenvalue weighted by Gasteiger charge is -2.27. The third-order valence-electron chi connectivity index (χ3n) is 6.09. The van der Waals surface area contributed by atoms with E-state index >= 15 is 0 Å². The van der Waals surface area contributed by atoms with Crippen LogP contribution in [0.15, 0.2) is 60.7 Å². The van der Waals surface area contributed by atoms with Crippen LogP contribution in [-0.4, -0.2) is 26.1 Å². The van der Waals surface area contributed by atoms with Gasteiger partial charge in [-0.1, -0.05) is 71.2 Å². The summed E-state index contributed by atoms with van der Waals surface area (Å²) >= 11 is 12.8. The molecule has 2 heterocycles. The molecule has 0 aliphatic carbocycles. The molecule has 1 unspecified atom stereocenters. The highest BCUT2D eigenvalue weighted by Gasteiger charge is 2.42. The van der Waals surface area contributed by atoms with E-state index in [0.29, 0.717) is 39.1 Å². The Labute approximate surface area is 201 Å². The highest BCUT2D eigenvalue weighted by atomic mass is 35.5. The molecular weight excluding hydrogens is 457 g/mol. The number of carbonyl (C=O) groups is 1. The van der Waals surface area contributed by atoms with Gasteiger partial charge in [-0.05, 0) is 48.7 Å². The van der Waals surface area contributed by atoms with Crippen LogP contribution in [0.3, 0.4) is 0 Å². The molecule has 0 radical (unpaired) electrons. The van der Waals surface area contributed by atoms with E-state index in [-0.39, 0.29) is 11.7 Å². The molecule has 0 spiro atoms. The van der Waals surface area contributed by atoms with Gasteiger partial charge in [0.15, 0.2) is 0 Å². The minimum atomic E-state index is -0.405. The van der Waals surface area contributed by atoms with Crippen LogP contribution in [-0.2, 0) is 6.54 Å². The molecule has 1 aliphatic heterocycles. The highest BCUT2D eigenvalue weighted by Crippen LogP contribution is 2.46. The zero-order chi connectivity index (χ0) is 23.3. The lowest BCUT2D eigenvalue weighted by atomic mass is 9.94. The van der Waals surface area contributed by atoms with Crippen molar-refractivity contribution in [3.8, 4) is 17.0 Å².